The molecular formula is C76H121N9O3S4. The lowest BCUT2D eigenvalue weighted by Crippen LogP contribution is -2.14. The first-order valence-corrected chi connectivity index (χ1v) is 35.2. The Bertz CT molecular complexity index is 3050. The summed E-state index contributed by atoms with van der Waals surface area (Å²) in [6.07, 6.45) is 14.5. The third-order valence-electron chi connectivity index (χ3n) is 13.4. The van der Waals surface area contributed by atoms with E-state index < -0.39 is 0 Å². The predicted molar refractivity (Wildman–Crippen MR) is 402 cm³/mol. The highest BCUT2D eigenvalue weighted by Gasteiger charge is 2.24. The van der Waals surface area contributed by atoms with E-state index in [0.717, 1.165) is 74.8 Å². The fourth-order valence-electron chi connectivity index (χ4n) is 7.62. The number of allylic oxidation sites excluding steroid dienone is 5. The van der Waals surface area contributed by atoms with Gasteiger partial charge in [-0.05, 0) is 109 Å². The topological polar surface area (TPSA) is 154 Å². The lowest BCUT2D eigenvalue weighted by Gasteiger charge is -2.20. The van der Waals surface area contributed by atoms with Crippen LogP contribution >= 0.6 is 45.7 Å². The van der Waals surface area contributed by atoms with E-state index in [1.54, 1.807) is 58.2 Å². The van der Waals surface area contributed by atoms with E-state index in [-0.39, 0.29) is 48.7 Å². The molecule has 9 rings (SSSR count). The number of rotatable bonds is 2. The zero-order valence-corrected chi connectivity index (χ0v) is 66.8. The van der Waals surface area contributed by atoms with E-state index in [1.807, 2.05) is 66.0 Å². The first-order valence-electron chi connectivity index (χ1n) is 31.9. The summed E-state index contributed by atoms with van der Waals surface area (Å²) in [7, 11) is 0. The van der Waals surface area contributed by atoms with Gasteiger partial charge < -0.3 is 13.4 Å². The van der Waals surface area contributed by atoms with Gasteiger partial charge in [0.15, 0.2) is 11.8 Å². The molecule has 7 aromatic rings. The minimum atomic E-state index is 0.0846. The lowest BCUT2D eigenvalue weighted by atomic mass is 9.84. The van der Waals surface area contributed by atoms with Crippen molar-refractivity contribution < 1.29 is 13.4 Å². The largest absolute Gasteiger partial charge is 0.449 e. The van der Waals surface area contributed by atoms with Crippen molar-refractivity contribution >= 4 is 57.2 Å². The molecule has 0 N–H and O–H groups in total. The maximum atomic E-state index is 5.34. The highest BCUT2D eigenvalue weighted by atomic mass is 32.1. The average Bonchev–Trinajstić information content (AvgIpc) is 1.78. The van der Waals surface area contributed by atoms with Gasteiger partial charge in [-0.2, -0.15) is 8.75 Å². The molecule has 0 fully saturated rings. The van der Waals surface area contributed by atoms with Crippen molar-refractivity contribution in [2.24, 2.45) is 20.8 Å². The van der Waals surface area contributed by atoms with Gasteiger partial charge in [0.25, 0.3) is 0 Å². The van der Waals surface area contributed by atoms with Crippen molar-refractivity contribution in [1.29, 1.82) is 0 Å². The molecule has 2 aliphatic heterocycles. The Morgan fingerprint density at radius 3 is 1.32 bits per heavy atom. The maximum Gasteiger partial charge on any atom is 0.191 e. The molecule has 12 nitrogen and oxygen atoms in total. The fraction of sp³-hybridized carbons (Fsp3) is 0.592. The number of aromatic nitrogens is 7. The van der Waals surface area contributed by atoms with Crippen molar-refractivity contribution in [1.82, 2.24) is 33.8 Å². The molecule has 9 heterocycles. The highest BCUT2D eigenvalue weighted by Crippen LogP contribution is 2.33. The molecular weight excluding hydrogens is 1220 g/mol. The van der Waals surface area contributed by atoms with E-state index >= 15 is 0 Å². The van der Waals surface area contributed by atoms with Gasteiger partial charge in [-0.15, -0.1) is 22.7 Å². The zero-order chi connectivity index (χ0) is 71.4. The summed E-state index contributed by atoms with van der Waals surface area (Å²) in [4.78, 5) is 28.3. The molecule has 0 aliphatic carbocycles. The van der Waals surface area contributed by atoms with Crippen LogP contribution in [-0.2, 0) is 37.9 Å². The molecule has 0 radical (unpaired) electrons. The van der Waals surface area contributed by atoms with Gasteiger partial charge in [0, 0.05) is 91.5 Å². The average molecular weight is 1340 g/mol. The number of nitrogens with zero attached hydrogens (tertiary/aromatic N) is 9. The van der Waals surface area contributed by atoms with Crippen LogP contribution in [0.4, 0.5) is 0 Å². The Balaban J connectivity index is 0.000000518. The second kappa shape index (κ2) is 35.3. The standard InChI is InChI=1S/2C10H15N.3C8H13NO.4C8H13NS/c1-5-9-8(6-7-11-9)10(2,3)4;1-5-8-6-7-9(11-8)10(2,3)4;1-6-9-7(5-10-6)8(2,3)4;1-6-9-5-7(10-6)8(2,3)4;1-6-5-7(10-9-6)8(2,3)4;1-6-9-7(5-10-6)8(2,3)4;1-6-9-5-7(10-6)8(2,3)4;1-6-7(5-10-9-6)8(2,3)4;1-6-5-7(10-9-6)8(2,3)4/h5-6H,1,7H2,2-4H3;5,7H,1,6H2,2-4H3;7*5H,1-4H3. The molecule has 0 spiro atoms. The van der Waals surface area contributed by atoms with Gasteiger partial charge in [-0.1, -0.05) is 217 Å². The smallest absolute Gasteiger partial charge is 0.191 e. The molecule has 0 saturated heterocycles. The number of aryl methyl sites for hydroxylation is 7. The summed E-state index contributed by atoms with van der Waals surface area (Å²) >= 11 is 6.65. The summed E-state index contributed by atoms with van der Waals surface area (Å²) in [5, 5.41) is 10.4. The van der Waals surface area contributed by atoms with Gasteiger partial charge in [0.1, 0.15) is 17.8 Å². The number of hydrogen-bond acceptors (Lipinski definition) is 16. The fourth-order valence-corrected chi connectivity index (χ4v) is 11.0. The summed E-state index contributed by atoms with van der Waals surface area (Å²) in [6.45, 7) is 80.6. The van der Waals surface area contributed by atoms with Crippen LogP contribution in [0.5, 0.6) is 0 Å². The summed E-state index contributed by atoms with van der Waals surface area (Å²) in [6, 6.07) is 4.13. The first kappa shape index (κ1) is 84.5. The Labute approximate surface area is 575 Å². The highest BCUT2D eigenvalue weighted by molar-refractivity contribution is 7.11. The van der Waals surface area contributed by atoms with E-state index in [1.165, 1.54) is 38.0 Å². The third kappa shape index (κ3) is 32.1. The molecule has 0 aromatic carbocycles. The van der Waals surface area contributed by atoms with Crippen LogP contribution < -0.4 is 0 Å². The number of oxazole rings is 2. The van der Waals surface area contributed by atoms with Crippen molar-refractivity contribution in [3.63, 3.8) is 0 Å². The van der Waals surface area contributed by atoms with Crippen LogP contribution in [0.15, 0.2) is 114 Å². The van der Waals surface area contributed by atoms with Crippen molar-refractivity contribution in [2.45, 2.75) is 280 Å². The summed E-state index contributed by atoms with van der Waals surface area (Å²) in [5.41, 5.74) is 13.2. The van der Waals surface area contributed by atoms with Crippen LogP contribution in [-0.4, -0.2) is 51.8 Å². The van der Waals surface area contributed by atoms with E-state index in [9.17, 15) is 0 Å². The number of hydrogen-bond donors (Lipinski definition) is 0. The van der Waals surface area contributed by atoms with Gasteiger partial charge in [0.2, 0.25) is 0 Å². The van der Waals surface area contributed by atoms with Crippen LogP contribution in [0.2, 0.25) is 0 Å². The number of aliphatic imine (C=N–C) groups is 2. The second-order valence-electron chi connectivity index (χ2n) is 32.4. The van der Waals surface area contributed by atoms with Gasteiger partial charge >= 0.3 is 0 Å². The Morgan fingerprint density at radius 2 is 1.09 bits per heavy atom. The SMILES string of the molecule is C=CC1=NC(C(C)(C)C)=CC1.C=CC1=NCC=C1C(C)(C)C.Cc1cc(C(C)(C)C)on1.Cc1cc(C(C)(C)C)sn1.Cc1nc(C(C)(C)C)co1.Cc1nc(C(C)(C)C)cs1.Cc1ncc(C(C)(C)C)o1.Cc1ncc(C(C)(C)C)s1.Cc1nscc1C(C)(C)C. The van der Waals surface area contributed by atoms with E-state index in [4.69, 9.17) is 13.4 Å². The number of thiazole rings is 2. The molecule has 2 aliphatic rings. The normalized spacial score (nSPS) is 13.4. The lowest BCUT2D eigenvalue weighted by molar-refractivity contribution is 0.327. The molecule has 512 valence electrons. The van der Waals surface area contributed by atoms with Gasteiger partial charge in [-0.3, -0.25) is 9.98 Å². The van der Waals surface area contributed by atoms with Crippen molar-refractivity contribution in [3.8, 4) is 0 Å². The van der Waals surface area contributed by atoms with E-state index in [0.29, 0.717) is 0 Å². The van der Waals surface area contributed by atoms with Crippen molar-refractivity contribution in [3.05, 3.63) is 167 Å². The maximum absolute atomic E-state index is 5.34. The van der Waals surface area contributed by atoms with Crippen LogP contribution in [0.1, 0.15) is 270 Å². The molecule has 16 heteroatoms. The van der Waals surface area contributed by atoms with Gasteiger partial charge in [-0.25, -0.2) is 19.9 Å². The third-order valence-corrected chi connectivity index (χ3v) is 17.5. The molecule has 7 aromatic heterocycles. The van der Waals surface area contributed by atoms with Gasteiger partial charge in [0.05, 0.1) is 56.9 Å². The molecule has 0 amide bonds. The molecule has 0 bridgehead atoms. The Hall–Kier alpha value is -5.55. The minimum Gasteiger partial charge on any atom is -0.449 e. The summed E-state index contributed by atoms with van der Waals surface area (Å²) < 4.78 is 23.9. The first-order chi connectivity index (χ1) is 41.6. The molecule has 92 heavy (non-hydrogen) atoms. The predicted octanol–water partition coefficient (Wildman–Crippen LogP) is 23.4. The van der Waals surface area contributed by atoms with Crippen LogP contribution in [0.3, 0.4) is 0 Å². The summed E-state index contributed by atoms with van der Waals surface area (Å²) in [5.74, 6) is 3.38. The minimum absolute atomic E-state index is 0.0846. The Kier molecular flexibility index (Phi) is 32.4. The van der Waals surface area contributed by atoms with Crippen LogP contribution in [0, 0.1) is 59.3 Å². The zero-order valence-electron chi connectivity index (χ0n) is 63.6. The molecule has 0 saturated carbocycles. The van der Waals surface area contributed by atoms with Crippen LogP contribution in [0.25, 0.3) is 0 Å². The quantitative estimate of drug-likeness (QED) is 0.163. The van der Waals surface area contributed by atoms with Crippen molar-refractivity contribution in [2.75, 3.05) is 6.54 Å². The molecule has 0 atom stereocenters. The second-order valence-corrected chi connectivity index (χ2v) is 36.1. The monoisotopic (exact) mass is 1340 g/mol. The van der Waals surface area contributed by atoms with E-state index in [2.05, 4.69) is 280 Å². The Morgan fingerprint density at radius 1 is 0.511 bits per heavy atom. The molecule has 0 unspecified atom stereocenters.